The third-order valence-electron chi connectivity index (χ3n) is 4.83. The zero-order valence-corrected chi connectivity index (χ0v) is 16.0. The van der Waals surface area contributed by atoms with Crippen molar-refractivity contribution in [3.8, 4) is 0 Å². The minimum absolute atomic E-state index is 0.213. The minimum Gasteiger partial charge on any atom is -0.472 e. The third-order valence-corrected chi connectivity index (χ3v) is 7.19. The van der Waals surface area contributed by atoms with Gasteiger partial charge in [0.1, 0.15) is 6.26 Å². The molecule has 0 atom stereocenters. The number of nitrogens with one attached hydrogen (secondary N) is 1. The first-order valence-electron chi connectivity index (χ1n) is 8.90. The molecule has 1 aliphatic heterocycles. The van der Waals surface area contributed by atoms with E-state index in [0.29, 0.717) is 34.8 Å². The van der Waals surface area contributed by atoms with Crippen LogP contribution in [0.1, 0.15) is 46.6 Å². The van der Waals surface area contributed by atoms with Crippen molar-refractivity contribution in [1.29, 1.82) is 0 Å². The van der Waals surface area contributed by atoms with Gasteiger partial charge in [0.25, 0.3) is 5.91 Å². The molecule has 2 aliphatic rings. The maximum Gasteiger partial charge on any atom is 0.260 e. The Bertz CT molecular complexity index is 782. The van der Waals surface area contributed by atoms with Crippen LogP contribution in [0.2, 0.25) is 0 Å². The van der Waals surface area contributed by atoms with Crippen molar-refractivity contribution in [2.24, 2.45) is 0 Å². The number of aromatic nitrogens is 1. The van der Waals surface area contributed by atoms with Crippen molar-refractivity contribution in [3.05, 3.63) is 34.7 Å². The summed E-state index contributed by atoms with van der Waals surface area (Å²) in [7, 11) is 0. The van der Waals surface area contributed by atoms with Gasteiger partial charge in [0.15, 0.2) is 5.13 Å². The van der Waals surface area contributed by atoms with Gasteiger partial charge in [-0.1, -0.05) is 24.2 Å². The molecule has 26 heavy (non-hydrogen) atoms. The summed E-state index contributed by atoms with van der Waals surface area (Å²) < 4.78 is 4.93. The Labute approximate surface area is 160 Å². The molecule has 1 fully saturated rings. The summed E-state index contributed by atoms with van der Waals surface area (Å²) in [5.74, 6) is 0.554. The van der Waals surface area contributed by atoms with Gasteiger partial charge < -0.3 is 9.32 Å². The lowest BCUT2D eigenvalue weighted by atomic mass is 10.2. The van der Waals surface area contributed by atoms with Crippen LogP contribution in [0.3, 0.4) is 0 Å². The topological polar surface area (TPSA) is 75.4 Å². The van der Waals surface area contributed by atoms with Crippen LogP contribution >= 0.6 is 23.1 Å². The molecule has 0 bridgehead atoms. The van der Waals surface area contributed by atoms with Crippen molar-refractivity contribution in [2.75, 3.05) is 17.6 Å². The number of hydrogen-bond acceptors (Lipinski definition) is 6. The lowest BCUT2D eigenvalue weighted by Crippen LogP contribution is -2.36. The minimum atomic E-state index is -0.231. The van der Waals surface area contributed by atoms with E-state index in [-0.39, 0.29) is 11.8 Å². The number of thioether (sulfide) groups is 1. The van der Waals surface area contributed by atoms with Crippen molar-refractivity contribution < 1.29 is 14.0 Å². The molecule has 4 rings (SSSR count). The number of fused-ring (bicyclic) bond motifs is 1. The Morgan fingerprint density at radius 3 is 3.00 bits per heavy atom. The molecule has 3 heterocycles. The van der Waals surface area contributed by atoms with Gasteiger partial charge >= 0.3 is 0 Å². The fourth-order valence-electron chi connectivity index (χ4n) is 3.36. The summed E-state index contributed by atoms with van der Waals surface area (Å²) in [5.41, 5.74) is 1.46. The first-order chi connectivity index (χ1) is 12.7. The average molecular weight is 392 g/mol. The van der Waals surface area contributed by atoms with E-state index in [9.17, 15) is 9.59 Å². The van der Waals surface area contributed by atoms with Crippen LogP contribution in [-0.4, -0.2) is 39.2 Å². The Morgan fingerprint density at radius 2 is 2.23 bits per heavy atom. The lowest BCUT2D eigenvalue weighted by Gasteiger charge is -2.26. The summed E-state index contributed by atoms with van der Waals surface area (Å²) in [6.07, 6.45) is 8.71. The zero-order valence-electron chi connectivity index (χ0n) is 14.4. The van der Waals surface area contributed by atoms with Crippen LogP contribution < -0.4 is 5.32 Å². The maximum absolute atomic E-state index is 12.5. The molecule has 2 aromatic heterocycles. The highest BCUT2D eigenvalue weighted by atomic mass is 32.2. The molecule has 2 amide bonds. The van der Waals surface area contributed by atoms with Gasteiger partial charge in [-0.3, -0.25) is 14.9 Å². The fraction of sp³-hybridized carbons (Fsp3) is 0.500. The molecule has 8 heteroatoms. The highest BCUT2D eigenvalue weighted by Gasteiger charge is 2.26. The standard InChI is InChI=1S/C18H21N3O3S2/c22-16(11-25-13-3-1-2-4-13)21-7-5-14-15(9-21)26-18(19-14)20-17(23)12-6-8-24-10-12/h6,8,10,13H,1-5,7,9,11H2,(H,19,20,23). The molecule has 2 aromatic rings. The SMILES string of the molecule is O=C(Nc1nc2c(s1)CN(C(=O)CSC1CCCC1)CC2)c1ccoc1. The summed E-state index contributed by atoms with van der Waals surface area (Å²) in [4.78, 5) is 32.1. The Hall–Kier alpha value is -1.80. The predicted octanol–water partition coefficient (Wildman–Crippen LogP) is 3.55. The van der Waals surface area contributed by atoms with Gasteiger partial charge in [-0.05, 0) is 18.9 Å². The van der Waals surface area contributed by atoms with E-state index in [4.69, 9.17) is 4.42 Å². The first-order valence-corrected chi connectivity index (χ1v) is 10.8. The van der Waals surface area contributed by atoms with Crippen molar-refractivity contribution in [1.82, 2.24) is 9.88 Å². The van der Waals surface area contributed by atoms with Crippen LogP contribution in [0, 0.1) is 0 Å². The number of thiazole rings is 1. The third kappa shape index (κ3) is 3.96. The summed E-state index contributed by atoms with van der Waals surface area (Å²) >= 11 is 3.26. The second-order valence-electron chi connectivity index (χ2n) is 6.64. The molecule has 0 aromatic carbocycles. The van der Waals surface area contributed by atoms with Crippen LogP contribution in [0.25, 0.3) is 0 Å². The van der Waals surface area contributed by atoms with Crippen molar-refractivity contribution in [3.63, 3.8) is 0 Å². The van der Waals surface area contributed by atoms with E-state index in [1.807, 2.05) is 16.7 Å². The normalized spacial score (nSPS) is 17.3. The Morgan fingerprint density at radius 1 is 1.38 bits per heavy atom. The number of nitrogens with zero attached hydrogens (tertiary/aromatic N) is 2. The number of furan rings is 1. The molecule has 0 radical (unpaired) electrons. The van der Waals surface area contributed by atoms with Crippen LogP contribution in [0.4, 0.5) is 5.13 Å². The second-order valence-corrected chi connectivity index (χ2v) is 9.01. The number of hydrogen-bond donors (Lipinski definition) is 1. The molecule has 0 spiro atoms. The first kappa shape index (κ1) is 17.6. The van der Waals surface area contributed by atoms with E-state index < -0.39 is 0 Å². The van der Waals surface area contributed by atoms with Gasteiger partial charge in [-0.2, -0.15) is 0 Å². The van der Waals surface area contributed by atoms with E-state index in [0.717, 1.165) is 17.0 Å². The van der Waals surface area contributed by atoms with Crippen LogP contribution in [0.15, 0.2) is 23.0 Å². The van der Waals surface area contributed by atoms with Gasteiger partial charge in [-0.15, -0.1) is 11.8 Å². The van der Waals surface area contributed by atoms with Crippen molar-refractivity contribution >= 4 is 40.0 Å². The smallest absolute Gasteiger partial charge is 0.260 e. The maximum atomic E-state index is 12.5. The summed E-state index contributed by atoms with van der Waals surface area (Å²) in [6.45, 7) is 1.30. The van der Waals surface area contributed by atoms with Crippen LogP contribution in [0.5, 0.6) is 0 Å². The van der Waals surface area contributed by atoms with Crippen LogP contribution in [-0.2, 0) is 17.8 Å². The molecular weight excluding hydrogens is 370 g/mol. The molecular formula is C18H21N3O3S2. The quantitative estimate of drug-likeness (QED) is 0.844. The second kappa shape index (κ2) is 7.84. The Kier molecular flexibility index (Phi) is 5.31. The predicted molar refractivity (Wildman–Crippen MR) is 103 cm³/mol. The highest BCUT2D eigenvalue weighted by Crippen LogP contribution is 2.31. The number of amides is 2. The van der Waals surface area contributed by atoms with E-state index >= 15 is 0 Å². The van der Waals surface area contributed by atoms with Gasteiger partial charge in [0.2, 0.25) is 5.91 Å². The monoisotopic (exact) mass is 391 g/mol. The van der Waals surface area contributed by atoms with Gasteiger partial charge in [0, 0.05) is 23.1 Å². The lowest BCUT2D eigenvalue weighted by molar-refractivity contribution is -0.129. The molecule has 0 saturated heterocycles. The number of carbonyl (C=O) groups is 2. The zero-order chi connectivity index (χ0) is 17.9. The van der Waals surface area contributed by atoms with Gasteiger partial charge in [-0.25, -0.2) is 4.98 Å². The van der Waals surface area contributed by atoms with Gasteiger partial charge in [0.05, 0.1) is 29.8 Å². The van der Waals surface area contributed by atoms with Crippen molar-refractivity contribution in [2.45, 2.75) is 43.9 Å². The summed E-state index contributed by atoms with van der Waals surface area (Å²) in [6, 6.07) is 1.62. The number of rotatable bonds is 5. The largest absolute Gasteiger partial charge is 0.472 e. The molecule has 1 saturated carbocycles. The van der Waals surface area contributed by atoms with E-state index in [1.54, 1.807) is 6.07 Å². The molecule has 0 unspecified atom stereocenters. The number of anilines is 1. The molecule has 1 aliphatic carbocycles. The molecule has 6 nitrogen and oxygen atoms in total. The van der Waals surface area contributed by atoms with E-state index in [1.165, 1.54) is 49.5 Å². The summed E-state index contributed by atoms with van der Waals surface area (Å²) in [5, 5.41) is 4.05. The number of carbonyl (C=O) groups excluding carboxylic acids is 2. The molecule has 138 valence electrons. The average Bonchev–Trinajstić information content (AvgIpc) is 3.39. The van der Waals surface area contributed by atoms with E-state index in [2.05, 4.69) is 10.3 Å². The Balaban J connectivity index is 1.34. The molecule has 1 N–H and O–H groups in total. The fourth-order valence-corrected chi connectivity index (χ4v) is 5.61. The highest BCUT2D eigenvalue weighted by molar-refractivity contribution is 8.00.